The van der Waals surface area contributed by atoms with Crippen LogP contribution >= 0.6 is 11.6 Å². The van der Waals surface area contributed by atoms with Crippen molar-refractivity contribution in [1.82, 2.24) is 15.0 Å². The number of para-hydroxylation sites is 1. The van der Waals surface area contributed by atoms with Crippen LogP contribution in [0.25, 0.3) is 21.8 Å². The number of nitrogens with zero attached hydrogens (tertiary/aromatic N) is 2. The molecular formula is C23H19ClN4O3. The Morgan fingerprint density at radius 2 is 1.94 bits per heavy atom. The SMILES string of the molecule is Cc1onc2c1c(=O)n(C1C=CC(NC(=O)Nc3ccccc3)C1)c1cccc(Cl)c21. The van der Waals surface area contributed by atoms with E-state index in [2.05, 4.69) is 15.8 Å². The first-order valence-electron chi connectivity index (χ1n) is 9.92. The minimum Gasteiger partial charge on any atom is -0.360 e. The first-order valence-corrected chi connectivity index (χ1v) is 10.3. The van der Waals surface area contributed by atoms with Gasteiger partial charge in [-0.3, -0.25) is 4.79 Å². The topological polar surface area (TPSA) is 89.2 Å². The van der Waals surface area contributed by atoms with Gasteiger partial charge in [0.2, 0.25) is 0 Å². The number of urea groups is 1. The first-order chi connectivity index (χ1) is 15.0. The molecule has 0 radical (unpaired) electrons. The van der Waals surface area contributed by atoms with E-state index in [1.54, 1.807) is 23.6 Å². The lowest BCUT2D eigenvalue weighted by Crippen LogP contribution is -2.36. The number of aryl methyl sites for hydroxylation is 1. The van der Waals surface area contributed by atoms with Crippen LogP contribution in [-0.2, 0) is 0 Å². The zero-order valence-electron chi connectivity index (χ0n) is 16.6. The van der Waals surface area contributed by atoms with Crippen molar-refractivity contribution >= 4 is 45.1 Å². The summed E-state index contributed by atoms with van der Waals surface area (Å²) >= 11 is 6.47. The molecule has 2 unspecified atom stereocenters. The highest BCUT2D eigenvalue weighted by atomic mass is 35.5. The van der Waals surface area contributed by atoms with Gasteiger partial charge in [-0.05, 0) is 37.6 Å². The minimum atomic E-state index is -0.299. The van der Waals surface area contributed by atoms with Crippen LogP contribution in [0, 0.1) is 6.92 Å². The van der Waals surface area contributed by atoms with Crippen molar-refractivity contribution in [2.75, 3.05) is 5.32 Å². The molecule has 2 N–H and O–H groups in total. The number of benzene rings is 2. The summed E-state index contributed by atoms with van der Waals surface area (Å²) in [7, 11) is 0. The predicted molar refractivity (Wildman–Crippen MR) is 121 cm³/mol. The van der Waals surface area contributed by atoms with Crippen LogP contribution in [-0.4, -0.2) is 21.8 Å². The molecule has 0 fully saturated rings. The second kappa shape index (κ2) is 7.59. The summed E-state index contributed by atoms with van der Waals surface area (Å²) in [6, 6.07) is 13.9. The molecule has 31 heavy (non-hydrogen) atoms. The molecular weight excluding hydrogens is 416 g/mol. The third-order valence-electron chi connectivity index (χ3n) is 5.52. The van der Waals surface area contributed by atoms with E-state index in [9.17, 15) is 9.59 Å². The van der Waals surface area contributed by atoms with Gasteiger partial charge in [0, 0.05) is 11.1 Å². The van der Waals surface area contributed by atoms with E-state index in [0.29, 0.717) is 44.7 Å². The molecule has 0 spiro atoms. The van der Waals surface area contributed by atoms with E-state index in [0.717, 1.165) is 0 Å². The molecule has 8 heteroatoms. The summed E-state index contributed by atoms with van der Waals surface area (Å²) in [6.07, 6.45) is 4.38. The van der Waals surface area contributed by atoms with Gasteiger partial charge in [-0.25, -0.2) is 4.79 Å². The van der Waals surface area contributed by atoms with E-state index in [-0.39, 0.29) is 23.7 Å². The molecule has 0 saturated carbocycles. The maximum absolute atomic E-state index is 13.4. The molecule has 0 bridgehead atoms. The van der Waals surface area contributed by atoms with Gasteiger partial charge in [0.05, 0.1) is 22.6 Å². The summed E-state index contributed by atoms with van der Waals surface area (Å²) in [5, 5.41) is 11.4. The molecule has 156 valence electrons. The summed E-state index contributed by atoms with van der Waals surface area (Å²) in [5.41, 5.74) is 1.68. The Morgan fingerprint density at radius 1 is 1.13 bits per heavy atom. The number of carbonyl (C=O) groups excluding carboxylic acids is 1. The molecule has 2 amide bonds. The van der Waals surface area contributed by atoms with Gasteiger partial charge in [0.1, 0.15) is 16.7 Å². The maximum atomic E-state index is 13.4. The molecule has 0 saturated heterocycles. The van der Waals surface area contributed by atoms with Gasteiger partial charge >= 0.3 is 6.03 Å². The maximum Gasteiger partial charge on any atom is 0.319 e. The van der Waals surface area contributed by atoms with Gasteiger partial charge in [0.15, 0.2) is 0 Å². The van der Waals surface area contributed by atoms with E-state index >= 15 is 0 Å². The van der Waals surface area contributed by atoms with E-state index in [4.69, 9.17) is 16.1 Å². The quantitative estimate of drug-likeness (QED) is 0.453. The molecule has 1 aliphatic rings. The van der Waals surface area contributed by atoms with Crippen LogP contribution in [0.2, 0.25) is 5.02 Å². The number of nitrogens with one attached hydrogen (secondary N) is 2. The smallest absolute Gasteiger partial charge is 0.319 e. The van der Waals surface area contributed by atoms with Crippen LogP contribution in [0.4, 0.5) is 10.5 Å². The van der Waals surface area contributed by atoms with Crippen molar-refractivity contribution in [3.8, 4) is 0 Å². The number of hydrogen-bond acceptors (Lipinski definition) is 4. The van der Waals surface area contributed by atoms with Crippen LogP contribution in [0.1, 0.15) is 18.2 Å². The lowest BCUT2D eigenvalue weighted by atomic mass is 10.1. The molecule has 2 aromatic carbocycles. The fourth-order valence-electron chi connectivity index (χ4n) is 4.14. The Labute approximate surface area is 182 Å². The van der Waals surface area contributed by atoms with Crippen molar-refractivity contribution in [3.63, 3.8) is 0 Å². The standard InChI is InChI=1S/C23H19ClN4O3/c1-13-19-21(27-31-13)20-17(24)8-5-9-18(20)28(22(19)29)16-11-10-15(12-16)26-23(30)25-14-6-3-2-4-7-14/h2-11,15-16H,12H2,1H3,(H2,25,26,30). The number of pyridine rings is 1. The van der Waals surface area contributed by atoms with Crippen molar-refractivity contribution in [2.45, 2.75) is 25.4 Å². The van der Waals surface area contributed by atoms with Gasteiger partial charge in [-0.2, -0.15) is 0 Å². The number of anilines is 1. The second-order valence-electron chi connectivity index (χ2n) is 7.53. The highest BCUT2D eigenvalue weighted by Crippen LogP contribution is 2.33. The van der Waals surface area contributed by atoms with Crippen molar-refractivity contribution < 1.29 is 9.32 Å². The van der Waals surface area contributed by atoms with Gasteiger partial charge < -0.3 is 19.7 Å². The van der Waals surface area contributed by atoms with Crippen LogP contribution in [0.3, 0.4) is 0 Å². The highest BCUT2D eigenvalue weighted by molar-refractivity contribution is 6.37. The number of amides is 2. The van der Waals surface area contributed by atoms with Gasteiger partial charge in [-0.15, -0.1) is 0 Å². The molecule has 0 aliphatic heterocycles. The van der Waals surface area contributed by atoms with Gasteiger partial charge in [0.25, 0.3) is 5.56 Å². The fourth-order valence-corrected chi connectivity index (χ4v) is 4.40. The number of fused-ring (bicyclic) bond motifs is 3. The monoisotopic (exact) mass is 434 g/mol. The predicted octanol–water partition coefficient (Wildman–Crippen LogP) is 4.80. The fraction of sp³-hybridized carbons (Fsp3) is 0.174. The van der Waals surface area contributed by atoms with Crippen LogP contribution in [0.5, 0.6) is 0 Å². The lowest BCUT2D eigenvalue weighted by Gasteiger charge is -2.19. The Balaban J connectivity index is 1.47. The number of aromatic nitrogens is 2. The van der Waals surface area contributed by atoms with E-state index in [1.165, 1.54) is 0 Å². The second-order valence-corrected chi connectivity index (χ2v) is 7.94. The number of carbonyl (C=O) groups is 1. The summed E-state index contributed by atoms with van der Waals surface area (Å²) in [6.45, 7) is 1.71. The Hall–Kier alpha value is -3.58. The Morgan fingerprint density at radius 3 is 2.74 bits per heavy atom. The van der Waals surface area contributed by atoms with Crippen LogP contribution < -0.4 is 16.2 Å². The molecule has 2 heterocycles. The third kappa shape index (κ3) is 3.37. The molecule has 5 rings (SSSR count). The molecule has 7 nitrogen and oxygen atoms in total. The number of hydrogen-bond donors (Lipinski definition) is 2. The number of halogens is 1. The average molecular weight is 435 g/mol. The van der Waals surface area contributed by atoms with Crippen molar-refractivity contribution in [1.29, 1.82) is 0 Å². The summed E-state index contributed by atoms with van der Waals surface area (Å²) in [4.78, 5) is 25.7. The Bertz CT molecular complexity index is 1390. The summed E-state index contributed by atoms with van der Waals surface area (Å²) < 4.78 is 7.01. The minimum absolute atomic E-state index is 0.187. The van der Waals surface area contributed by atoms with Crippen molar-refractivity contribution in [2.24, 2.45) is 0 Å². The van der Waals surface area contributed by atoms with Crippen LogP contribution in [0.15, 0.2) is 70.0 Å². The zero-order valence-corrected chi connectivity index (χ0v) is 17.4. The first kappa shape index (κ1) is 19.4. The largest absolute Gasteiger partial charge is 0.360 e. The molecule has 4 aromatic rings. The lowest BCUT2D eigenvalue weighted by molar-refractivity contribution is 0.249. The number of allylic oxidation sites excluding steroid dienone is 1. The zero-order chi connectivity index (χ0) is 21.5. The van der Waals surface area contributed by atoms with Crippen molar-refractivity contribution in [3.05, 3.63) is 81.8 Å². The summed E-state index contributed by atoms with van der Waals surface area (Å²) in [5.74, 6) is 0.453. The van der Waals surface area contributed by atoms with E-state index in [1.807, 2.05) is 48.6 Å². The van der Waals surface area contributed by atoms with Gasteiger partial charge in [-0.1, -0.05) is 53.2 Å². The molecule has 2 atom stereocenters. The average Bonchev–Trinajstić information content (AvgIpc) is 3.36. The third-order valence-corrected chi connectivity index (χ3v) is 5.84. The highest BCUT2D eigenvalue weighted by Gasteiger charge is 2.27. The number of rotatable bonds is 3. The Kier molecular flexibility index (Phi) is 4.75. The normalized spacial score (nSPS) is 18.0. The molecule has 1 aliphatic carbocycles. The molecule has 2 aromatic heterocycles. The van der Waals surface area contributed by atoms with E-state index < -0.39 is 0 Å².